The molecule has 0 saturated heterocycles. The second-order valence-electron chi connectivity index (χ2n) is 3.49. The van der Waals surface area contributed by atoms with Crippen LogP contribution in [0.15, 0.2) is 24.4 Å². The van der Waals surface area contributed by atoms with Gasteiger partial charge >= 0.3 is 6.61 Å². The van der Waals surface area contributed by atoms with Gasteiger partial charge in [0.2, 0.25) is 0 Å². The third-order valence-electron chi connectivity index (χ3n) is 2.24. The van der Waals surface area contributed by atoms with Crippen molar-refractivity contribution < 1.29 is 13.6 Å². The van der Waals surface area contributed by atoms with Gasteiger partial charge in [0.1, 0.15) is 5.82 Å². The summed E-state index contributed by atoms with van der Waals surface area (Å²) >= 11 is 11.8. The zero-order valence-corrected chi connectivity index (χ0v) is 10.7. The van der Waals surface area contributed by atoms with Crippen LogP contribution in [-0.2, 0) is 0 Å². The lowest BCUT2D eigenvalue weighted by Gasteiger charge is -2.04. The lowest BCUT2D eigenvalue weighted by atomic mass is 10.2. The largest absolute Gasteiger partial charge is 0.405 e. The molecule has 0 saturated carbocycles. The number of nitrogens with zero attached hydrogens (tertiary/aromatic N) is 2. The summed E-state index contributed by atoms with van der Waals surface area (Å²) in [6, 6.07) is 4.87. The number of hydrogen-bond donors (Lipinski definition) is 0. The van der Waals surface area contributed by atoms with Crippen LogP contribution in [0, 0.1) is 6.92 Å². The molecule has 1 aromatic heterocycles. The van der Waals surface area contributed by atoms with Gasteiger partial charge in [0, 0.05) is 10.6 Å². The number of imidazole rings is 1. The summed E-state index contributed by atoms with van der Waals surface area (Å²) in [5.41, 5.74) is 1.04. The van der Waals surface area contributed by atoms with E-state index in [2.05, 4.69) is 9.82 Å². The van der Waals surface area contributed by atoms with Crippen LogP contribution < -0.4 is 4.84 Å². The molecule has 1 heterocycles. The maximum atomic E-state index is 12.1. The summed E-state index contributed by atoms with van der Waals surface area (Å²) in [7, 11) is 0. The fourth-order valence-corrected chi connectivity index (χ4v) is 1.98. The Labute approximate surface area is 112 Å². The molecular formula is C11H8Cl2F2N2O. The highest BCUT2D eigenvalue weighted by molar-refractivity contribution is 6.36. The fourth-order valence-electron chi connectivity index (χ4n) is 1.48. The number of benzene rings is 1. The molecule has 0 bridgehead atoms. The van der Waals surface area contributed by atoms with Crippen LogP contribution in [0.2, 0.25) is 10.0 Å². The molecular weight excluding hydrogens is 285 g/mol. The van der Waals surface area contributed by atoms with E-state index in [0.717, 1.165) is 4.73 Å². The van der Waals surface area contributed by atoms with E-state index >= 15 is 0 Å². The van der Waals surface area contributed by atoms with Crippen molar-refractivity contribution in [2.24, 2.45) is 0 Å². The van der Waals surface area contributed by atoms with Crippen LogP contribution >= 0.6 is 23.2 Å². The van der Waals surface area contributed by atoms with Gasteiger partial charge < -0.3 is 4.84 Å². The maximum absolute atomic E-state index is 12.1. The van der Waals surface area contributed by atoms with Gasteiger partial charge in [-0.05, 0) is 25.1 Å². The van der Waals surface area contributed by atoms with Crippen molar-refractivity contribution in [1.29, 1.82) is 0 Å². The Morgan fingerprint density at radius 1 is 1.33 bits per heavy atom. The van der Waals surface area contributed by atoms with E-state index < -0.39 is 6.61 Å². The van der Waals surface area contributed by atoms with Crippen molar-refractivity contribution in [3.05, 3.63) is 40.3 Å². The molecule has 0 atom stereocenters. The summed E-state index contributed by atoms with van der Waals surface area (Å²) in [5.74, 6) is 0.302. The molecule has 0 spiro atoms. The minimum Gasteiger partial charge on any atom is -0.343 e. The predicted octanol–water partition coefficient (Wildman–Crippen LogP) is 3.82. The van der Waals surface area contributed by atoms with E-state index in [4.69, 9.17) is 23.2 Å². The molecule has 0 N–H and O–H groups in total. The topological polar surface area (TPSA) is 27.1 Å². The SMILES string of the molecule is Cc1nc(-c2ccc(Cl)cc2Cl)cn1OC(F)F. The van der Waals surface area contributed by atoms with E-state index in [1.54, 1.807) is 25.1 Å². The maximum Gasteiger partial charge on any atom is 0.405 e. The van der Waals surface area contributed by atoms with Gasteiger partial charge in [-0.1, -0.05) is 23.2 Å². The van der Waals surface area contributed by atoms with E-state index in [9.17, 15) is 8.78 Å². The van der Waals surface area contributed by atoms with Crippen molar-refractivity contribution in [1.82, 2.24) is 9.71 Å². The highest BCUT2D eigenvalue weighted by Crippen LogP contribution is 2.29. The zero-order chi connectivity index (χ0) is 13.3. The summed E-state index contributed by atoms with van der Waals surface area (Å²) in [5, 5.41) is 0.882. The molecule has 1 aromatic carbocycles. The predicted molar refractivity (Wildman–Crippen MR) is 65.0 cm³/mol. The van der Waals surface area contributed by atoms with Gasteiger partial charge in [-0.3, -0.25) is 0 Å². The second-order valence-corrected chi connectivity index (χ2v) is 4.33. The first-order valence-corrected chi connectivity index (χ1v) is 5.69. The average Bonchev–Trinajstić information content (AvgIpc) is 2.59. The number of rotatable bonds is 3. The summed E-state index contributed by atoms with van der Waals surface area (Å²) in [6.07, 6.45) is 1.34. The van der Waals surface area contributed by atoms with E-state index in [1.807, 2.05) is 0 Å². The van der Waals surface area contributed by atoms with Crippen molar-refractivity contribution in [2.75, 3.05) is 0 Å². The number of halogens is 4. The average molecular weight is 293 g/mol. The van der Waals surface area contributed by atoms with Crippen LogP contribution in [0.1, 0.15) is 5.82 Å². The summed E-state index contributed by atoms with van der Waals surface area (Å²) in [6.45, 7) is -1.36. The van der Waals surface area contributed by atoms with E-state index in [0.29, 0.717) is 27.1 Å². The Kier molecular flexibility index (Phi) is 3.73. The lowest BCUT2D eigenvalue weighted by molar-refractivity contribution is -0.134. The first-order chi connectivity index (χ1) is 8.47. The Hall–Kier alpha value is -1.33. The fraction of sp³-hybridized carbons (Fsp3) is 0.182. The molecule has 7 heteroatoms. The number of aryl methyl sites for hydroxylation is 1. The summed E-state index contributed by atoms with van der Waals surface area (Å²) in [4.78, 5) is 8.36. The van der Waals surface area contributed by atoms with Crippen molar-refractivity contribution >= 4 is 23.2 Å². The van der Waals surface area contributed by atoms with Crippen LogP contribution in [0.5, 0.6) is 0 Å². The van der Waals surface area contributed by atoms with Gasteiger partial charge in [-0.15, -0.1) is 0 Å². The standard InChI is InChI=1S/C11H8Cl2F2N2O/c1-6-16-10(5-17(6)18-11(14)15)8-3-2-7(12)4-9(8)13/h2-5,11H,1H3. The lowest BCUT2D eigenvalue weighted by Crippen LogP contribution is -2.17. The quantitative estimate of drug-likeness (QED) is 0.860. The summed E-state index contributed by atoms with van der Waals surface area (Å²) < 4.78 is 25.2. The molecule has 0 radical (unpaired) electrons. The van der Waals surface area contributed by atoms with Gasteiger partial charge in [0.25, 0.3) is 0 Å². The smallest absolute Gasteiger partial charge is 0.343 e. The Morgan fingerprint density at radius 2 is 2.06 bits per heavy atom. The van der Waals surface area contributed by atoms with Gasteiger partial charge in [0.15, 0.2) is 0 Å². The minimum atomic E-state index is -2.91. The van der Waals surface area contributed by atoms with Gasteiger partial charge in [-0.25, -0.2) is 4.98 Å². The molecule has 0 unspecified atom stereocenters. The molecule has 0 fully saturated rings. The molecule has 0 aliphatic rings. The number of aromatic nitrogens is 2. The minimum absolute atomic E-state index is 0.302. The first-order valence-electron chi connectivity index (χ1n) is 4.94. The van der Waals surface area contributed by atoms with Crippen molar-refractivity contribution in [3.8, 4) is 11.3 Å². The van der Waals surface area contributed by atoms with Crippen molar-refractivity contribution in [3.63, 3.8) is 0 Å². The molecule has 2 rings (SSSR count). The van der Waals surface area contributed by atoms with E-state index in [-0.39, 0.29) is 0 Å². The van der Waals surface area contributed by atoms with Gasteiger partial charge in [-0.2, -0.15) is 13.5 Å². The molecule has 0 aliphatic carbocycles. The number of hydrogen-bond acceptors (Lipinski definition) is 2. The second kappa shape index (κ2) is 5.12. The monoisotopic (exact) mass is 292 g/mol. The van der Waals surface area contributed by atoms with Gasteiger partial charge in [0.05, 0.1) is 16.9 Å². The molecule has 96 valence electrons. The molecule has 0 amide bonds. The normalized spacial score (nSPS) is 11.0. The molecule has 2 aromatic rings. The van der Waals surface area contributed by atoms with Crippen LogP contribution in [-0.4, -0.2) is 16.3 Å². The molecule has 0 aliphatic heterocycles. The highest BCUT2D eigenvalue weighted by atomic mass is 35.5. The highest BCUT2D eigenvalue weighted by Gasteiger charge is 2.13. The Bertz CT molecular complexity index is 572. The van der Waals surface area contributed by atoms with E-state index in [1.165, 1.54) is 6.20 Å². The Morgan fingerprint density at radius 3 is 2.67 bits per heavy atom. The molecule has 18 heavy (non-hydrogen) atoms. The zero-order valence-electron chi connectivity index (χ0n) is 9.20. The van der Waals surface area contributed by atoms with Crippen LogP contribution in [0.4, 0.5) is 8.78 Å². The van der Waals surface area contributed by atoms with Crippen LogP contribution in [0.25, 0.3) is 11.3 Å². The van der Waals surface area contributed by atoms with Crippen LogP contribution in [0.3, 0.4) is 0 Å². The first kappa shape index (κ1) is 13.1. The Balaban J connectivity index is 2.39. The number of alkyl halides is 2. The third kappa shape index (κ3) is 2.73. The van der Waals surface area contributed by atoms with Crippen molar-refractivity contribution in [2.45, 2.75) is 13.5 Å². The molecule has 3 nitrogen and oxygen atoms in total. The third-order valence-corrected chi connectivity index (χ3v) is 2.79.